The van der Waals surface area contributed by atoms with Crippen LogP contribution in [0, 0.1) is 0 Å². The molecule has 0 radical (unpaired) electrons. The van der Waals surface area contributed by atoms with Gasteiger partial charge >= 0.3 is 0 Å². The Balaban J connectivity index is 2.23. The molecule has 0 aliphatic carbocycles. The maximum Gasteiger partial charge on any atom is 0.104 e. The van der Waals surface area contributed by atoms with Crippen molar-refractivity contribution in [1.29, 1.82) is 0 Å². The van der Waals surface area contributed by atoms with Crippen LogP contribution < -0.4 is 5.32 Å². The van der Waals surface area contributed by atoms with Crippen LogP contribution in [0.15, 0.2) is 36.7 Å². The number of β-amino-alcohol motifs (C(OH)–C–C–N with tert-alkyl or cyclic N) is 1. The van der Waals surface area contributed by atoms with Gasteiger partial charge in [0, 0.05) is 24.3 Å². The molecule has 1 atom stereocenters. The van der Waals surface area contributed by atoms with Gasteiger partial charge in [0.1, 0.15) is 5.60 Å². The van der Waals surface area contributed by atoms with E-state index >= 15 is 0 Å². The molecule has 1 unspecified atom stereocenters. The molecule has 1 aromatic heterocycles. The van der Waals surface area contributed by atoms with Crippen molar-refractivity contribution < 1.29 is 5.11 Å². The quantitative estimate of drug-likeness (QED) is 0.754. The van der Waals surface area contributed by atoms with Crippen LogP contribution in [0.2, 0.25) is 0 Å². The summed E-state index contributed by atoms with van der Waals surface area (Å²) in [6, 6.07) is 7.99. The van der Waals surface area contributed by atoms with E-state index < -0.39 is 5.60 Å². The highest BCUT2D eigenvalue weighted by molar-refractivity contribution is 5.85. The lowest BCUT2D eigenvalue weighted by atomic mass is 9.89. The number of aliphatic hydroxyl groups is 1. The zero-order chi connectivity index (χ0) is 11.0. The largest absolute Gasteiger partial charge is 0.384 e. The lowest BCUT2D eigenvalue weighted by Gasteiger charge is -2.23. The molecule has 1 aliphatic heterocycles. The summed E-state index contributed by atoms with van der Waals surface area (Å²) < 4.78 is 0. The van der Waals surface area contributed by atoms with Crippen molar-refractivity contribution in [2.75, 3.05) is 13.1 Å². The summed E-state index contributed by atoms with van der Waals surface area (Å²) in [4.78, 5) is 4.11. The van der Waals surface area contributed by atoms with Crippen molar-refractivity contribution in [3.8, 4) is 0 Å². The second-order valence-corrected chi connectivity index (χ2v) is 4.36. The number of nitrogens with one attached hydrogen (secondary N) is 1. The number of rotatable bonds is 1. The van der Waals surface area contributed by atoms with Gasteiger partial charge in [-0.25, -0.2) is 0 Å². The van der Waals surface area contributed by atoms with Gasteiger partial charge in [-0.1, -0.05) is 18.2 Å². The zero-order valence-corrected chi connectivity index (χ0v) is 8.98. The van der Waals surface area contributed by atoms with Crippen molar-refractivity contribution in [2.24, 2.45) is 0 Å². The van der Waals surface area contributed by atoms with Crippen molar-refractivity contribution in [3.63, 3.8) is 0 Å². The Morgan fingerprint density at radius 1 is 1.31 bits per heavy atom. The lowest BCUT2D eigenvalue weighted by molar-refractivity contribution is 0.0603. The SMILES string of the molecule is OC1(c2cccc3cnccc23)CCNC1. The molecule has 0 bridgehead atoms. The molecule has 2 heterocycles. The van der Waals surface area contributed by atoms with Gasteiger partial charge in [-0.3, -0.25) is 4.98 Å². The van der Waals surface area contributed by atoms with E-state index in [0.717, 1.165) is 29.3 Å². The van der Waals surface area contributed by atoms with Crippen LogP contribution in [0.4, 0.5) is 0 Å². The van der Waals surface area contributed by atoms with Gasteiger partial charge in [-0.05, 0) is 30.0 Å². The van der Waals surface area contributed by atoms with Crippen molar-refractivity contribution in [3.05, 3.63) is 42.2 Å². The third-order valence-corrected chi connectivity index (χ3v) is 3.31. The number of aromatic nitrogens is 1. The van der Waals surface area contributed by atoms with E-state index in [2.05, 4.69) is 10.3 Å². The first kappa shape index (κ1) is 9.75. The maximum absolute atomic E-state index is 10.6. The maximum atomic E-state index is 10.6. The molecule has 0 amide bonds. The number of hydrogen-bond acceptors (Lipinski definition) is 3. The fourth-order valence-corrected chi connectivity index (χ4v) is 2.44. The minimum atomic E-state index is -0.721. The first-order chi connectivity index (χ1) is 7.80. The molecule has 3 heteroatoms. The van der Waals surface area contributed by atoms with E-state index in [1.54, 1.807) is 6.20 Å². The third-order valence-electron chi connectivity index (χ3n) is 3.31. The van der Waals surface area contributed by atoms with Crippen LogP contribution in [0.25, 0.3) is 10.8 Å². The smallest absolute Gasteiger partial charge is 0.104 e. The Kier molecular flexibility index (Phi) is 2.16. The molecule has 0 spiro atoms. The zero-order valence-electron chi connectivity index (χ0n) is 8.98. The molecular formula is C13H14N2O. The Hall–Kier alpha value is -1.45. The summed E-state index contributed by atoms with van der Waals surface area (Å²) in [6.07, 6.45) is 4.39. The highest BCUT2D eigenvalue weighted by atomic mass is 16.3. The van der Waals surface area contributed by atoms with Crippen LogP contribution in [0.5, 0.6) is 0 Å². The number of fused-ring (bicyclic) bond motifs is 1. The van der Waals surface area contributed by atoms with Crippen LogP contribution in [0.3, 0.4) is 0 Å². The number of pyridine rings is 1. The van der Waals surface area contributed by atoms with E-state index in [1.165, 1.54) is 0 Å². The van der Waals surface area contributed by atoms with Gasteiger partial charge < -0.3 is 10.4 Å². The number of hydrogen-bond donors (Lipinski definition) is 2. The fourth-order valence-electron chi connectivity index (χ4n) is 2.44. The predicted octanol–water partition coefficient (Wildman–Crippen LogP) is 1.42. The minimum Gasteiger partial charge on any atom is -0.384 e. The average molecular weight is 214 g/mol. The van der Waals surface area contributed by atoms with Crippen LogP contribution in [0.1, 0.15) is 12.0 Å². The van der Waals surface area contributed by atoms with Crippen LogP contribution in [-0.2, 0) is 5.60 Å². The summed E-state index contributed by atoms with van der Waals surface area (Å²) in [5, 5.41) is 16.0. The normalized spacial score (nSPS) is 25.1. The minimum absolute atomic E-state index is 0.633. The monoisotopic (exact) mass is 214 g/mol. The van der Waals surface area contributed by atoms with Crippen molar-refractivity contribution >= 4 is 10.8 Å². The summed E-state index contributed by atoms with van der Waals surface area (Å²) in [5.41, 5.74) is 0.290. The topological polar surface area (TPSA) is 45.2 Å². The molecule has 1 aliphatic rings. The third kappa shape index (κ3) is 1.40. The molecule has 1 saturated heterocycles. The van der Waals surface area contributed by atoms with E-state index in [4.69, 9.17) is 0 Å². The molecule has 3 rings (SSSR count). The highest BCUT2D eigenvalue weighted by Gasteiger charge is 2.33. The Morgan fingerprint density at radius 3 is 3.06 bits per heavy atom. The Morgan fingerprint density at radius 2 is 2.25 bits per heavy atom. The number of benzene rings is 1. The lowest BCUT2D eigenvalue weighted by Crippen LogP contribution is -2.28. The van der Waals surface area contributed by atoms with Crippen molar-refractivity contribution in [2.45, 2.75) is 12.0 Å². The summed E-state index contributed by atoms with van der Waals surface area (Å²) in [7, 11) is 0. The molecule has 2 N–H and O–H groups in total. The van der Waals surface area contributed by atoms with Gasteiger partial charge in [0.2, 0.25) is 0 Å². The summed E-state index contributed by atoms with van der Waals surface area (Å²) in [6.45, 7) is 1.51. The van der Waals surface area contributed by atoms with E-state index in [1.807, 2.05) is 30.5 Å². The molecule has 2 aromatic rings. The molecule has 3 nitrogen and oxygen atoms in total. The Labute approximate surface area is 94.1 Å². The standard InChI is InChI=1S/C13H14N2O/c16-13(5-7-15-9-13)12-3-1-2-10-8-14-6-4-11(10)12/h1-4,6,8,15-16H,5,7,9H2. The predicted molar refractivity (Wildman–Crippen MR) is 63.1 cm³/mol. The first-order valence-electron chi connectivity index (χ1n) is 5.56. The van der Waals surface area contributed by atoms with E-state index in [9.17, 15) is 5.11 Å². The fraction of sp³-hybridized carbons (Fsp3) is 0.308. The average Bonchev–Trinajstić information content (AvgIpc) is 2.77. The second kappa shape index (κ2) is 3.54. The van der Waals surface area contributed by atoms with Crippen molar-refractivity contribution in [1.82, 2.24) is 10.3 Å². The molecule has 82 valence electrons. The first-order valence-corrected chi connectivity index (χ1v) is 5.56. The van der Waals surface area contributed by atoms with E-state index in [-0.39, 0.29) is 0 Å². The Bertz CT molecular complexity index is 513. The molecular weight excluding hydrogens is 200 g/mol. The van der Waals surface area contributed by atoms with Crippen LogP contribution in [-0.4, -0.2) is 23.2 Å². The van der Waals surface area contributed by atoms with Gasteiger partial charge in [0.05, 0.1) is 0 Å². The van der Waals surface area contributed by atoms with Gasteiger partial charge in [-0.2, -0.15) is 0 Å². The van der Waals surface area contributed by atoms with E-state index in [0.29, 0.717) is 6.54 Å². The number of nitrogens with zero attached hydrogens (tertiary/aromatic N) is 1. The van der Waals surface area contributed by atoms with Gasteiger partial charge in [0.15, 0.2) is 0 Å². The highest BCUT2D eigenvalue weighted by Crippen LogP contribution is 2.32. The molecule has 1 aromatic carbocycles. The summed E-state index contributed by atoms with van der Waals surface area (Å²) in [5.74, 6) is 0. The second-order valence-electron chi connectivity index (χ2n) is 4.36. The molecule has 1 fully saturated rings. The molecule has 16 heavy (non-hydrogen) atoms. The van der Waals surface area contributed by atoms with Gasteiger partial charge in [-0.15, -0.1) is 0 Å². The molecule has 0 saturated carbocycles. The van der Waals surface area contributed by atoms with Gasteiger partial charge in [0.25, 0.3) is 0 Å². The van der Waals surface area contributed by atoms with Crippen LogP contribution >= 0.6 is 0 Å². The summed E-state index contributed by atoms with van der Waals surface area (Å²) >= 11 is 0.